The van der Waals surface area contributed by atoms with Crippen LogP contribution in [0.1, 0.15) is 23.6 Å². The molecule has 0 bridgehead atoms. The average molecular weight is 249 g/mol. The first-order valence-corrected chi connectivity index (χ1v) is 6.82. The quantitative estimate of drug-likeness (QED) is 0.816. The van der Waals surface area contributed by atoms with Crippen LogP contribution in [0.2, 0.25) is 0 Å². The third-order valence-electron chi connectivity index (χ3n) is 1.58. The molecule has 0 fully saturated rings. The highest BCUT2D eigenvalue weighted by Crippen LogP contribution is 2.16. The van der Waals surface area contributed by atoms with Crippen LogP contribution >= 0.6 is 11.3 Å². The second-order valence-corrected chi connectivity index (χ2v) is 6.07. The summed E-state index contributed by atoms with van der Waals surface area (Å²) in [4.78, 5) is 11.3. The molecule has 6 nitrogen and oxygen atoms in total. The first kappa shape index (κ1) is 12.1. The fourth-order valence-electron chi connectivity index (χ4n) is 0.787. The van der Waals surface area contributed by atoms with Crippen LogP contribution in [0.25, 0.3) is 0 Å². The predicted octanol–water partition coefficient (Wildman–Crippen LogP) is 0.0814. The van der Waals surface area contributed by atoms with E-state index < -0.39 is 15.7 Å². The highest BCUT2D eigenvalue weighted by molar-refractivity contribution is 7.93. The van der Waals surface area contributed by atoms with Crippen molar-refractivity contribution in [2.45, 2.75) is 18.2 Å². The summed E-state index contributed by atoms with van der Waals surface area (Å²) in [6.45, 7) is 3.75. The van der Waals surface area contributed by atoms with Crippen LogP contribution in [0, 0.1) is 0 Å². The number of aromatic nitrogens is 2. The van der Waals surface area contributed by atoms with Gasteiger partial charge in [-0.15, -0.1) is 10.2 Å². The topological polar surface area (TPSA) is 89.0 Å². The third-order valence-corrected chi connectivity index (χ3v) is 4.69. The van der Waals surface area contributed by atoms with Crippen molar-refractivity contribution in [2.24, 2.45) is 0 Å². The lowest BCUT2D eigenvalue weighted by atomic mass is 10.6. The zero-order valence-corrected chi connectivity index (χ0v) is 9.98. The molecule has 15 heavy (non-hydrogen) atoms. The smallest absolute Gasteiger partial charge is 0.282 e. The van der Waals surface area contributed by atoms with Crippen LogP contribution in [0.5, 0.6) is 0 Å². The summed E-state index contributed by atoms with van der Waals surface area (Å²) in [7, 11) is -3.36. The van der Waals surface area contributed by atoms with Gasteiger partial charge in [0.15, 0.2) is 0 Å². The molecule has 0 aliphatic rings. The minimum absolute atomic E-state index is 0.0446. The standard InChI is InChI=1S/C7H11N3O3S2/c1-3-8-5(11)6-9-10-7(14-6)15(12,13)4-2/h3-4H2,1-2H3,(H,8,11). The number of sulfone groups is 1. The van der Waals surface area contributed by atoms with E-state index in [9.17, 15) is 13.2 Å². The van der Waals surface area contributed by atoms with Crippen molar-refractivity contribution in [3.8, 4) is 0 Å². The number of hydrogen-bond acceptors (Lipinski definition) is 6. The van der Waals surface area contributed by atoms with Gasteiger partial charge in [0.25, 0.3) is 5.91 Å². The molecular weight excluding hydrogens is 238 g/mol. The number of nitrogens with one attached hydrogen (secondary N) is 1. The van der Waals surface area contributed by atoms with Crippen LogP contribution in [0.3, 0.4) is 0 Å². The summed E-state index contributed by atoms with van der Waals surface area (Å²) in [6.07, 6.45) is 0. The van der Waals surface area contributed by atoms with Crippen molar-refractivity contribution < 1.29 is 13.2 Å². The highest BCUT2D eigenvalue weighted by Gasteiger charge is 2.20. The maximum absolute atomic E-state index is 11.4. The molecule has 1 aromatic heterocycles. The molecule has 0 saturated heterocycles. The molecule has 1 rings (SSSR count). The van der Waals surface area contributed by atoms with Crippen LogP contribution in [-0.2, 0) is 9.84 Å². The Bertz CT molecular complexity index is 452. The van der Waals surface area contributed by atoms with Gasteiger partial charge in [0.05, 0.1) is 5.75 Å². The Morgan fingerprint density at radius 3 is 2.60 bits per heavy atom. The fraction of sp³-hybridized carbons (Fsp3) is 0.571. The van der Waals surface area contributed by atoms with Gasteiger partial charge in [0.2, 0.25) is 19.2 Å². The number of amides is 1. The molecule has 0 spiro atoms. The molecule has 0 atom stereocenters. The van der Waals surface area contributed by atoms with Crippen molar-refractivity contribution in [1.82, 2.24) is 15.5 Å². The van der Waals surface area contributed by atoms with Crippen LogP contribution in [-0.4, -0.2) is 36.8 Å². The summed E-state index contributed by atoms with van der Waals surface area (Å²) in [5, 5.41) is 9.60. The fourth-order valence-corrected chi connectivity index (χ4v) is 2.79. The van der Waals surface area contributed by atoms with Crippen molar-refractivity contribution in [2.75, 3.05) is 12.3 Å². The monoisotopic (exact) mass is 249 g/mol. The van der Waals surface area contributed by atoms with Crippen LogP contribution in [0.15, 0.2) is 4.34 Å². The summed E-state index contributed by atoms with van der Waals surface area (Å²) < 4.78 is 22.6. The molecule has 0 aromatic carbocycles. The van der Waals surface area contributed by atoms with E-state index in [1.54, 1.807) is 6.92 Å². The normalized spacial score (nSPS) is 11.3. The van der Waals surface area contributed by atoms with E-state index in [-0.39, 0.29) is 15.1 Å². The summed E-state index contributed by atoms with van der Waals surface area (Å²) >= 11 is 0.790. The van der Waals surface area contributed by atoms with E-state index in [0.717, 1.165) is 11.3 Å². The molecule has 1 N–H and O–H groups in total. The third kappa shape index (κ3) is 2.72. The first-order valence-electron chi connectivity index (χ1n) is 4.35. The minimum Gasteiger partial charge on any atom is -0.350 e. The Hall–Kier alpha value is -1.02. The van der Waals surface area contributed by atoms with Crippen molar-refractivity contribution in [3.05, 3.63) is 5.01 Å². The summed E-state index contributed by atoms with van der Waals surface area (Å²) in [5.74, 6) is -0.440. The van der Waals surface area contributed by atoms with Gasteiger partial charge < -0.3 is 5.32 Å². The van der Waals surface area contributed by atoms with Crippen molar-refractivity contribution >= 4 is 27.1 Å². The van der Waals surface area contributed by atoms with Gasteiger partial charge >= 0.3 is 0 Å². The molecule has 1 aromatic rings. The van der Waals surface area contributed by atoms with Gasteiger partial charge in [-0.3, -0.25) is 4.79 Å². The van der Waals surface area contributed by atoms with Gasteiger partial charge in [-0.2, -0.15) is 0 Å². The Morgan fingerprint density at radius 2 is 2.07 bits per heavy atom. The molecule has 0 unspecified atom stereocenters. The molecule has 1 heterocycles. The van der Waals surface area contributed by atoms with E-state index in [1.807, 2.05) is 0 Å². The molecule has 0 aliphatic carbocycles. The maximum atomic E-state index is 11.4. The number of carbonyl (C=O) groups is 1. The SMILES string of the molecule is CCNC(=O)c1nnc(S(=O)(=O)CC)s1. The van der Waals surface area contributed by atoms with Gasteiger partial charge in [-0.1, -0.05) is 18.3 Å². The van der Waals surface area contributed by atoms with E-state index >= 15 is 0 Å². The zero-order valence-electron chi connectivity index (χ0n) is 8.35. The second-order valence-electron chi connectivity index (χ2n) is 2.64. The number of carbonyl (C=O) groups excluding carboxylic acids is 1. The van der Waals surface area contributed by atoms with Gasteiger partial charge in [0.1, 0.15) is 0 Å². The zero-order chi connectivity index (χ0) is 11.5. The summed E-state index contributed by atoms with van der Waals surface area (Å²) in [6, 6.07) is 0. The molecule has 1 amide bonds. The van der Waals surface area contributed by atoms with E-state index in [0.29, 0.717) is 6.54 Å². The van der Waals surface area contributed by atoms with Crippen molar-refractivity contribution in [3.63, 3.8) is 0 Å². The maximum Gasteiger partial charge on any atom is 0.282 e. The van der Waals surface area contributed by atoms with E-state index in [4.69, 9.17) is 0 Å². The second kappa shape index (κ2) is 4.67. The number of rotatable bonds is 4. The van der Waals surface area contributed by atoms with Crippen LogP contribution in [0.4, 0.5) is 0 Å². The first-order chi connectivity index (χ1) is 7.01. The lowest BCUT2D eigenvalue weighted by Gasteiger charge is -1.94. The number of hydrogen-bond donors (Lipinski definition) is 1. The largest absolute Gasteiger partial charge is 0.350 e. The predicted molar refractivity (Wildman–Crippen MR) is 55.6 cm³/mol. The number of nitrogens with zero attached hydrogens (tertiary/aromatic N) is 2. The van der Waals surface area contributed by atoms with Gasteiger partial charge in [-0.05, 0) is 6.92 Å². The lowest BCUT2D eigenvalue weighted by Crippen LogP contribution is -2.22. The molecule has 0 saturated carbocycles. The minimum atomic E-state index is -3.36. The van der Waals surface area contributed by atoms with E-state index in [2.05, 4.69) is 15.5 Å². The Balaban J connectivity index is 2.95. The average Bonchev–Trinajstić information content (AvgIpc) is 2.67. The lowest BCUT2D eigenvalue weighted by molar-refractivity contribution is 0.0954. The van der Waals surface area contributed by atoms with E-state index in [1.165, 1.54) is 6.92 Å². The Morgan fingerprint density at radius 1 is 1.40 bits per heavy atom. The van der Waals surface area contributed by atoms with Crippen LogP contribution < -0.4 is 5.32 Å². The van der Waals surface area contributed by atoms with Gasteiger partial charge in [0, 0.05) is 6.54 Å². The molecule has 0 radical (unpaired) electrons. The molecular formula is C7H11N3O3S2. The van der Waals surface area contributed by atoms with Gasteiger partial charge in [-0.25, -0.2) is 8.42 Å². The van der Waals surface area contributed by atoms with Crippen molar-refractivity contribution in [1.29, 1.82) is 0 Å². The Kier molecular flexibility index (Phi) is 3.75. The summed E-state index contributed by atoms with van der Waals surface area (Å²) in [5.41, 5.74) is 0. The highest BCUT2D eigenvalue weighted by atomic mass is 32.2. The Labute approximate surface area is 91.6 Å². The molecule has 8 heteroatoms. The molecule has 84 valence electrons. The molecule has 0 aliphatic heterocycles.